The largest absolute Gasteiger partial charge is 0.394 e. The lowest BCUT2D eigenvalue weighted by atomic mass is 10.0. The van der Waals surface area contributed by atoms with Gasteiger partial charge in [-0.1, -0.05) is 0 Å². The number of pyridine rings is 1. The van der Waals surface area contributed by atoms with Gasteiger partial charge in [-0.2, -0.15) is 0 Å². The summed E-state index contributed by atoms with van der Waals surface area (Å²) in [6.07, 6.45) is 5.14. The summed E-state index contributed by atoms with van der Waals surface area (Å²) in [5.74, 6) is 5.99. The number of nitrogens with two attached hydrogens (primary N) is 1. The minimum absolute atomic E-state index is 0.202. The van der Waals surface area contributed by atoms with Crippen molar-refractivity contribution in [3.05, 3.63) is 18.3 Å². The Morgan fingerprint density at radius 2 is 2.44 bits per heavy atom. The Morgan fingerprint density at radius 3 is 3.19 bits per heavy atom. The van der Waals surface area contributed by atoms with Crippen molar-refractivity contribution < 1.29 is 5.11 Å². The number of nitrogens with one attached hydrogen (secondary N) is 1. The fourth-order valence-electron chi connectivity index (χ4n) is 2.21. The minimum atomic E-state index is 0.202. The minimum Gasteiger partial charge on any atom is -0.394 e. The molecule has 0 aliphatic carbocycles. The predicted octanol–water partition coefficient (Wildman–Crippen LogP) is 0.718. The highest BCUT2D eigenvalue weighted by molar-refractivity contribution is 5.54. The number of nitrogens with zero attached hydrogens (tertiary/aromatic N) is 2. The molecular formula is C11H18N4O. The first kappa shape index (κ1) is 11.2. The first-order valence-electron chi connectivity index (χ1n) is 5.65. The van der Waals surface area contributed by atoms with Crippen molar-refractivity contribution in [2.45, 2.75) is 25.3 Å². The van der Waals surface area contributed by atoms with E-state index in [4.69, 9.17) is 5.84 Å². The molecule has 16 heavy (non-hydrogen) atoms. The third-order valence-corrected chi connectivity index (χ3v) is 3.06. The van der Waals surface area contributed by atoms with Gasteiger partial charge >= 0.3 is 0 Å². The fourth-order valence-corrected chi connectivity index (χ4v) is 2.21. The van der Waals surface area contributed by atoms with Crippen LogP contribution in [-0.2, 0) is 0 Å². The van der Waals surface area contributed by atoms with E-state index in [1.165, 1.54) is 12.8 Å². The van der Waals surface area contributed by atoms with E-state index in [9.17, 15) is 5.11 Å². The molecule has 0 saturated carbocycles. The fraction of sp³-hybridized carbons (Fsp3) is 0.545. The van der Waals surface area contributed by atoms with Gasteiger partial charge in [0.2, 0.25) is 0 Å². The van der Waals surface area contributed by atoms with Crippen LogP contribution in [0.1, 0.15) is 19.3 Å². The van der Waals surface area contributed by atoms with Gasteiger partial charge in [0.05, 0.1) is 12.6 Å². The van der Waals surface area contributed by atoms with Crippen molar-refractivity contribution in [2.24, 2.45) is 5.84 Å². The van der Waals surface area contributed by atoms with Crippen LogP contribution in [0.5, 0.6) is 0 Å². The van der Waals surface area contributed by atoms with Crippen LogP contribution < -0.4 is 16.2 Å². The summed E-state index contributed by atoms with van der Waals surface area (Å²) in [5, 5.41) is 9.35. The van der Waals surface area contributed by atoms with Gasteiger partial charge in [0.15, 0.2) is 0 Å². The van der Waals surface area contributed by atoms with Crippen molar-refractivity contribution in [2.75, 3.05) is 23.5 Å². The van der Waals surface area contributed by atoms with Crippen LogP contribution in [0.4, 0.5) is 11.5 Å². The zero-order valence-electron chi connectivity index (χ0n) is 9.26. The number of hydrogen-bond acceptors (Lipinski definition) is 5. The molecule has 0 spiro atoms. The summed E-state index contributed by atoms with van der Waals surface area (Å²) in [4.78, 5) is 6.31. The number of aromatic nitrogens is 1. The van der Waals surface area contributed by atoms with Gasteiger partial charge in [-0.25, -0.2) is 10.8 Å². The average molecular weight is 222 g/mol. The third kappa shape index (κ3) is 2.25. The Hall–Kier alpha value is -1.33. The summed E-state index contributed by atoms with van der Waals surface area (Å²) in [6, 6.07) is 4.09. The first-order chi connectivity index (χ1) is 7.85. The zero-order chi connectivity index (χ0) is 11.4. The van der Waals surface area contributed by atoms with Gasteiger partial charge < -0.3 is 15.4 Å². The Labute approximate surface area is 95.2 Å². The SMILES string of the molecule is NNc1cc(N2CCCCC2CO)ccn1. The monoisotopic (exact) mass is 222 g/mol. The predicted molar refractivity (Wildman–Crippen MR) is 64.1 cm³/mol. The Balaban J connectivity index is 2.20. The Morgan fingerprint density at radius 1 is 1.56 bits per heavy atom. The van der Waals surface area contributed by atoms with E-state index in [0.717, 1.165) is 18.7 Å². The molecule has 1 saturated heterocycles. The number of aliphatic hydroxyl groups excluding tert-OH is 1. The first-order valence-corrected chi connectivity index (χ1v) is 5.65. The van der Waals surface area contributed by atoms with Gasteiger partial charge in [0.25, 0.3) is 0 Å². The lowest BCUT2D eigenvalue weighted by Gasteiger charge is -2.36. The van der Waals surface area contributed by atoms with Gasteiger partial charge in [0, 0.05) is 24.5 Å². The smallest absolute Gasteiger partial charge is 0.141 e. The van der Waals surface area contributed by atoms with Gasteiger partial charge in [-0.15, -0.1) is 0 Å². The quantitative estimate of drug-likeness (QED) is 0.519. The number of nitrogen functional groups attached to an aromatic ring is 1. The highest BCUT2D eigenvalue weighted by Gasteiger charge is 2.21. The summed E-state index contributed by atoms with van der Waals surface area (Å²) in [5.41, 5.74) is 3.61. The molecule has 5 nitrogen and oxygen atoms in total. The van der Waals surface area contributed by atoms with Crippen LogP contribution in [0.2, 0.25) is 0 Å². The van der Waals surface area contributed by atoms with Crippen molar-refractivity contribution in [1.82, 2.24) is 4.98 Å². The molecule has 2 rings (SSSR count). The van der Waals surface area contributed by atoms with E-state index in [1.54, 1.807) is 6.20 Å². The topological polar surface area (TPSA) is 74.4 Å². The van der Waals surface area contributed by atoms with Crippen LogP contribution in [0.3, 0.4) is 0 Å². The van der Waals surface area contributed by atoms with E-state index in [-0.39, 0.29) is 12.6 Å². The molecule has 4 N–H and O–H groups in total. The number of piperidine rings is 1. The number of hydrogen-bond donors (Lipinski definition) is 3. The van der Waals surface area contributed by atoms with E-state index < -0.39 is 0 Å². The molecule has 88 valence electrons. The second-order valence-electron chi connectivity index (χ2n) is 4.07. The van der Waals surface area contributed by atoms with E-state index in [0.29, 0.717) is 5.82 Å². The normalized spacial score (nSPS) is 20.9. The lowest BCUT2D eigenvalue weighted by molar-refractivity contribution is 0.240. The van der Waals surface area contributed by atoms with Gasteiger partial charge in [-0.05, 0) is 25.3 Å². The molecule has 1 aliphatic heterocycles. The van der Waals surface area contributed by atoms with Crippen molar-refractivity contribution in [3.63, 3.8) is 0 Å². The van der Waals surface area contributed by atoms with E-state index in [1.807, 2.05) is 12.1 Å². The summed E-state index contributed by atoms with van der Waals surface area (Å²) in [6.45, 7) is 1.19. The summed E-state index contributed by atoms with van der Waals surface area (Å²) >= 11 is 0. The molecule has 1 atom stereocenters. The van der Waals surface area contributed by atoms with Gasteiger partial charge in [0.1, 0.15) is 5.82 Å². The molecule has 0 aromatic carbocycles. The second-order valence-corrected chi connectivity index (χ2v) is 4.07. The maximum atomic E-state index is 9.35. The highest BCUT2D eigenvalue weighted by Crippen LogP contribution is 2.25. The molecule has 1 aromatic heterocycles. The summed E-state index contributed by atoms with van der Waals surface area (Å²) in [7, 11) is 0. The Bertz CT molecular complexity index is 345. The van der Waals surface area contributed by atoms with Crippen LogP contribution in [0.25, 0.3) is 0 Å². The zero-order valence-corrected chi connectivity index (χ0v) is 9.26. The van der Waals surface area contributed by atoms with Gasteiger partial charge in [-0.3, -0.25) is 0 Å². The van der Waals surface area contributed by atoms with Crippen LogP contribution >= 0.6 is 0 Å². The second kappa shape index (κ2) is 5.14. The Kier molecular flexibility index (Phi) is 3.58. The maximum Gasteiger partial charge on any atom is 0.141 e. The number of rotatable bonds is 3. The molecule has 1 unspecified atom stereocenters. The summed E-state index contributed by atoms with van der Waals surface area (Å²) < 4.78 is 0. The van der Waals surface area contributed by atoms with E-state index >= 15 is 0 Å². The number of aliphatic hydroxyl groups is 1. The van der Waals surface area contributed by atoms with Crippen LogP contribution in [0, 0.1) is 0 Å². The van der Waals surface area contributed by atoms with Crippen LogP contribution in [-0.4, -0.2) is 29.3 Å². The molecule has 0 amide bonds. The maximum absolute atomic E-state index is 9.35. The molecule has 0 radical (unpaired) electrons. The third-order valence-electron chi connectivity index (χ3n) is 3.06. The number of hydrazine groups is 1. The van der Waals surface area contributed by atoms with E-state index in [2.05, 4.69) is 15.3 Å². The molecule has 5 heteroatoms. The molecule has 1 aromatic rings. The average Bonchev–Trinajstić information content (AvgIpc) is 2.38. The number of anilines is 2. The van der Waals surface area contributed by atoms with Crippen LogP contribution in [0.15, 0.2) is 18.3 Å². The van der Waals surface area contributed by atoms with Crippen molar-refractivity contribution in [3.8, 4) is 0 Å². The molecule has 2 heterocycles. The molecule has 0 bridgehead atoms. The highest BCUT2D eigenvalue weighted by atomic mass is 16.3. The molecular weight excluding hydrogens is 204 g/mol. The van der Waals surface area contributed by atoms with Crippen molar-refractivity contribution >= 4 is 11.5 Å². The molecule has 1 fully saturated rings. The van der Waals surface area contributed by atoms with Crippen molar-refractivity contribution in [1.29, 1.82) is 0 Å². The lowest BCUT2D eigenvalue weighted by Crippen LogP contribution is -2.41. The standard InChI is InChI=1S/C11H18N4O/c12-14-11-7-9(4-5-13-11)15-6-2-1-3-10(15)8-16/h4-5,7,10,16H,1-3,6,8,12H2,(H,13,14). The molecule has 1 aliphatic rings.